The van der Waals surface area contributed by atoms with E-state index in [2.05, 4.69) is 20.2 Å². The van der Waals surface area contributed by atoms with Crippen molar-refractivity contribution in [3.8, 4) is 11.1 Å². The van der Waals surface area contributed by atoms with E-state index < -0.39 is 0 Å². The maximum absolute atomic E-state index is 5.85. The molecule has 3 aromatic rings. The molecule has 1 aromatic carbocycles. The number of aromatic nitrogens is 4. The van der Waals surface area contributed by atoms with Gasteiger partial charge in [0.25, 0.3) is 0 Å². The molecule has 0 radical (unpaired) electrons. The standard InChI is InChI=1S/C12H13N5/c1-6-11(12(13)17-16-6)8-3-4-9-10(5-8)15-7(2)14-9/h3-5H,1-2H3,(H,14,15)(H3,13,16,17). The van der Waals surface area contributed by atoms with Crippen LogP contribution in [0.4, 0.5) is 5.82 Å². The van der Waals surface area contributed by atoms with E-state index in [1.54, 1.807) is 0 Å². The van der Waals surface area contributed by atoms with Gasteiger partial charge in [-0.25, -0.2) is 4.98 Å². The van der Waals surface area contributed by atoms with Crippen LogP contribution in [-0.4, -0.2) is 20.2 Å². The summed E-state index contributed by atoms with van der Waals surface area (Å²) in [4.78, 5) is 7.59. The number of aryl methyl sites for hydroxylation is 2. The molecule has 4 N–H and O–H groups in total. The number of imidazole rings is 1. The first-order valence-corrected chi connectivity index (χ1v) is 5.42. The van der Waals surface area contributed by atoms with Crippen LogP contribution >= 0.6 is 0 Å². The maximum atomic E-state index is 5.85. The number of fused-ring (bicyclic) bond motifs is 1. The molecular weight excluding hydrogens is 214 g/mol. The number of benzene rings is 1. The number of hydrogen-bond acceptors (Lipinski definition) is 3. The van der Waals surface area contributed by atoms with E-state index in [0.717, 1.165) is 33.7 Å². The predicted molar refractivity (Wildman–Crippen MR) is 67.6 cm³/mol. The summed E-state index contributed by atoms with van der Waals surface area (Å²) in [5.74, 6) is 1.44. The molecule has 0 fully saturated rings. The average molecular weight is 227 g/mol. The molecule has 0 saturated carbocycles. The highest BCUT2D eigenvalue weighted by molar-refractivity contribution is 5.85. The van der Waals surface area contributed by atoms with E-state index in [9.17, 15) is 0 Å². The summed E-state index contributed by atoms with van der Waals surface area (Å²) >= 11 is 0. The van der Waals surface area contributed by atoms with Gasteiger partial charge >= 0.3 is 0 Å². The third-order valence-corrected chi connectivity index (χ3v) is 2.86. The Morgan fingerprint density at radius 2 is 2.06 bits per heavy atom. The molecule has 0 bridgehead atoms. The van der Waals surface area contributed by atoms with Crippen LogP contribution in [0.25, 0.3) is 22.2 Å². The fourth-order valence-corrected chi connectivity index (χ4v) is 2.11. The number of aromatic amines is 2. The van der Waals surface area contributed by atoms with Crippen molar-refractivity contribution in [2.75, 3.05) is 5.73 Å². The van der Waals surface area contributed by atoms with Crippen molar-refractivity contribution in [1.82, 2.24) is 20.2 Å². The highest BCUT2D eigenvalue weighted by Gasteiger charge is 2.10. The van der Waals surface area contributed by atoms with E-state index >= 15 is 0 Å². The lowest BCUT2D eigenvalue weighted by Crippen LogP contribution is -1.88. The van der Waals surface area contributed by atoms with E-state index in [1.165, 1.54) is 0 Å². The molecule has 17 heavy (non-hydrogen) atoms. The molecule has 86 valence electrons. The first-order chi connectivity index (χ1) is 8.15. The highest BCUT2D eigenvalue weighted by Crippen LogP contribution is 2.29. The SMILES string of the molecule is Cc1nc2ccc(-c3c(N)n[nH]c3C)cc2[nH]1. The highest BCUT2D eigenvalue weighted by atomic mass is 15.2. The summed E-state index contributed by atoms with van der Waals surface area (Å²) in [5, 5.41) is 6.89. The topological polar surface area (TPSA) is 83.4 Å². The summed E-state index contributed by atoms with van der Waals surface area (Å²) < 4.78 is 0. The maximum Gasteiger partial charge on any atom is 0.153 e. The van der Waals surface area contributed by atoms with Crippen LogP contribution < -0.4 is 5.73 Å². The lowest BCUT2D eigenvalue weighted by atomic mass is 10.1. The van der Waals surface area contributed by atoms with Gasteiger partial charge in [-0.2, -0.15) is 5.10 Å². The zero-order chi connectivity index (χ0) is 12.0. The van der Waals surface area contributed by atoms with Gasteiger partial charge in [0.1, 0.15) is 5.82 Å². The number of hydrogen-bond donors (Lipinski definition) is 3. The lowest BCUT2D eigenvalue weighted by molar-refractivity contribution is 1.05. The summed E-state index contributed by atoms with van der Waals surface area (Å²) in [5.41, 5.74) is 10.8. The van der Waals surface area contributed by atoms with Crippen molar-refractivity contribution >= 4 is 16.9 Å². The molecule has 3 rings (SSSR count). The molecule has 0 atom stereocenters. The first-order valence-electron chi connectivity index (χ1n) is 5.42. The molecule has 5 heteroatoms. The van der Waals surface area contributed by atoms with Crippen LogP contribution in [-0.2, 0) is 0 Å². The summed E-state index contributed by atoms with van der Waals surface area (Å²) in [7, 11) is 0. The van der Waals surface area contributed by atoms with Crippen LogP contribution in [0, 0.1) is 13.8 Å². The van der Waals surface area contributed by atoms with Crippen molar-refractivity contribution in [3.05, 3.63) is 29.7 Å². The Kier molecular flexibility index (Phi) is 1.95. The second kappa shape index (κ2) is 3.35. The average Bonchev–Trinajstić information content (AvgIpc) is 2.80. The van der Waals surface area contributed by atoms with Gasteiger partial charge in [-0.05, 0) is 31.5 Å². The van der Waals surface area contributed by atoms with Crippen LogP contribution in [0.5, 0.6) is 0 Å². The van der Waals surface area contributed by atoms with E-state index in [-0.39, 0.29) is 0 Å². The molecule has 0 amide bonds. The number of nitrogens with one attached hydrogen (secondary N) is 2. The zero-order valence-electron chi connectivity index (χ0n) is 9.70. The molecule has 2 heterocycles. The third kappa shape index (κ3) is 1.47. The van der Waals surface area contributed by atoms with Gasteiger partial charge in [-0.15, -0.1) is 0 Å². The van der Waals surface area contributed by atoms with Gasteiger partial charge in [0, 0.05) is 11.3 Å². The van der Waals surface area contributed by atoms with Crippen LogP contribution in [0.15, 0.2) is 18.2 Å². The lowest BCUT2D eigenvalue weighted by Gasteiger charge is -2.00. The number of anilines is 1. The van der Waals surface area contributed by atoms with Gasteiger partial charge in [-0.1, -0.05) is 6.07 Å². The minimum Gasteiger partial charge on any atom is -0.382 e. The Bertz CT molecular complexity index is 673. The van der Waals surface area contributed by atoms with Gasteiger partial charge in [0.05, 0.1) is 11.0 Å². The Balaban J connectivity index is 2.24. The number of nitrogen functional groups attached to an aromatic ring is 1. The normalized spacial score (nSPS) is 11.2. The van der Waals surface area contributed by atoms with Crippen LogP contribution in [0.1, 0.15) is 11.5 Å². The monoisotopic (exact) mass is 227 g/mol. The smallest absolute Gasteiger partial charge is 0.153 e. The molecule has 0 spiro atoms. The molecule has 2 aromatic heterocycles. The zero-order valence-corrected chi connectivity index (χ0v) is 9.70. The number of nitrogens with zero attached hydrogens (tertiary/aromatic N) is 2. The van der Waals surface area contributed by atoms with Gasteiger partial charge < -0.3 is 10.7 Å². The third-order valence-electron chi connectivity index (χ3n) is 2.86. The van der Waals surface area contributed by atoms with Crippen molar-refractivity contribution in [1.29, 1.82) is 0 Å². The Hall–Kier alpha value is -2.30. The summed E-state index contributed by atoms with van der Waals surface area (Å²) in [6, 6.07) is 6.04. The number of rotatable bonds is 1. The van der Waals surface area contributed by atoms with Gasteiger partial charge in [0.2, 0.25) is 0 Å². The largest absolute Gasteiger partial charge is 0.382 e. The second-order valence-electron chi connectivity index (χ2n) is 4.16. The number of nitrogens with two attached hydrogens (primary N) is 1. The predicted octanol–water partition coefficient (Wildman–Crippen LogP) is 2.15. The summed E-state index contributed by atoms with van der Waals surface area (Å²) in [6.07, 6.45) is 0. The first kappa shape index (κ1) is 9.89. The van der Waals surface area contributed by atoms with Crippen LogP contribution in [0.3, 0.4) is 0 Å². The molecule has 0 aliphatic rings. The van der Waals surface area contributed by atoms with Crippen molar-refractivity contribution in [2.24, 2.45) is 0 Å². The van der Waals surface area contributed by atoms with E-state index in [4.69, 9.17) is 5.73 Å². The summed E-state index contributed by atoms with van der Waals surface area (Å²) in [6.45, 7) is 3.90. The van der Waals surface area contributed by atoms with Crippen LogP contribution in [0.2, 0.25) is 0 Å². The van der Waals surface area contributed by atoms with E-state index in [0.29, 0.717) is 5.82 Å². The Morgan fingerprint density at radius 1 is 1.24 bits per heavy atom. The van der Waals surface area contributed by atoms with Crippen molar-refractivity contribution in [3.63, 3.8) is 0 Å². The van der Waals surface area contributed by atoms with Gasteiger partial charge in [-0.3, -0.25) is 5.10 Å². The molecule has 5 nitrogen and oxygen atoms in total. The molecule has 0 saturated heterocycles. The second-order valence-corrected chi connectivity index (χ2v) is 4.16. The minimum atomic E-state index is 0.526. The molecule has 0 aliphatic heterocycles. The van der Waals surface area contributed by atoms with E-state index in [1.807, 2.05) is 32.0 Å². The van der Waals surface area contributed by atoms with Crippen molar-refractivity contribution < 1.29 is 0 Å². The van der Waals surface area contributed by atoms with Gasteiger partial charge in [0.15, 0.2) is 5.82 Å². The molecule has 0 unspecified atom stereocenters. The number of H-pyrrole nitrogens is 2. The Labute approximate surface area is 98.1 Å². The molecule has 0 aliphatic carbocycles. The fraction of sp³-hybridized carbons (Fsp3) is 0.167. The van der Waals surface area contributed by atoms with Crippen molar-refractivity contribution in [2.45, 2.75) is 13.8 Å². The minimum absolute atomic E-state index is 0.526. The molecular formula is C12H13N5. The fourth-order valence-electron chi connectivity index (χ4n) is 2.11. The Morgan fingerprint density at radius 3 is 2.76 bits per heavy atom. The quantitative estimate of drug-likeness (QED) is 0.595.